The van der Waals surface area contributed by atoms with Crippen LogP contribution in [0.3, 0.4) is 0 Å². The highest BCUT2D eigenvalue weighted by Gasteiger charge is 2.19. The molecule has 0 amide bonds. The van der Waals surface area contributed by atoms with Crippen LogP contribution in [-0.4, -0.2) is 40.7 Å². The lowest BCUT2D eigenvalue weighted by Crippen LogP contribution is -2.31. The van der Waals surface area contributed by atoms with E-state index in [0.29, 0.717) is 12.3 Å². The number of methoxy groups -OCH3 is 1. The Kier molecular flexibility index (Phi) is 4.11. The molecule has 0 aliphatic heterocycles. The van der Waals surface area contributed by atoms with E-state index in [2.05, 4.69) is 5.10 Å². The summed E-state index contributed by atoms with van der Waals surface area (Å²) < 4.78 is 11.6. The van der Waals surface area contributed by atoms with E-state index in [-0.39, 0.29) is 6.61 Å². The Hall–Kier alpha value is -1.56. The molecule has 15 heavy (non-hydrogen) atoms. The zero-order chi connectivity index (χ0) is 11.3. The molecular weight excluding hydrogens is 200 g/mol. The van der Waals surface area contributed by atoms with Crippen molar-refractivity contribution in [2.45, 2.75) is 19.6 Å². The molecule has 0 radical (unpaired) electrons. The van der Waals surface area contributed by atoms with Crippen LogP contribution in [0, 0.1) is 0 Å². The summed E-state index contributed by atoms with van der Waals surface area (Å²) in [6.07, 6.45) is 2.13. The number of rotatable bonds is 6. The van der Waals surface area contributed by atoms with Gasteiger partial charge in [-0.25, -0.2) is 4.79 Å². The van der Waals surface area contributed by atoms with Crippen LogP contribution in [-0.2, 0) is 16.1 Å². The van der Waals surface area contributed by atoms with E-state index in [4.69, 9.17) is 14.6 Å². The number of aromatic nitrogens is 2. The third-order valence-electron chi connectivity index (χ3n) is 1.81. The van der Waals surface area contributed by atoms with Crippen LogP contribution >= 0.6 is 0 Å². The second-order valence-corrected chi connectivity index (χ2v) is 2.93. The normalized spacial score (nSPS) is 12.4. The summed E-state index contributed by atoms with van der Waals surface area (Å²) in [5.41, 5.74) is 0. The Morgan fingerprint density at radius 2 is 2.47 bits per heavy atom. The third-order valence-corrected chi connectivity index (χ3v) is 1.81. The Labute approximate surface area is 87.4 Å². The molecule has 0 aromatic carbocycles. The Morgan fingerprint density at radius 3 is 2.93 bits per heavy atom. The van der Waals surface area contributed by atoms with Gasteiger partial charge in [-0.15, -0.1) is 0 Å². The first-order valence-electron chi connectivity index (χ1n) is 4.58. The lowest BCUT2D eigenvalue weighted by molar-refractivity contribution is -0.147. The van der Waals surface area contributed by atoms with Gasteiger partial charge in [0, 0.05) is 13.7 Å². The van der Waals surface area contributed by atoms with Crippen molar-refractivity contribution in [1.29, 1.82) is 0 Å². The van der Waals surface area contributed by atoms with Crippen molar-refractivity contribution in [3.8, 4) is 5.75 Å². The van der Waals surface area contributed by atoms with Gasteiger partial charge in [-0.3, -0.25) is 4.68 Å². The van der Waals surface area contributed by atoms with Gasteiger partial charge in [-0.1, -0.05) is 0 Å². The highest BCUT2D eigenvalue weighted by Crippen LogP contribution is 2.10. The van der Waals surface area contributed by atoms with Crippen LogP contribution < -0.4 is 4.74 Å². The zero-order valence-electron chi connectivity index (χ0n) is 8.71. The first-order valence-corrected chi connectivity index (χ1v) is 4.58. The fourth-order valence-corrected chi connectivity index (χ4v) is 1.05. The van der Waals surface area contributed by atoms with E-state index >= 15 is 0 Å². The molecule has 0 bridgehead atoms. The monoisotopic (exact) mass is 214 g/mol. The predicted molar refractivity (Wildman–Crippen MR) is 51.8 cm³/mol. The molecule has 0 fully saturated rings. The number of carbonyl (C=O) groups is 1. The number of aryl methyl sites for hydroxylation is 1. The molecule has 1 N–H and O–H groups in total. The summed E-state index contributed by atoms with van der Waals surface area (Å²) in [6, 6.07) is 0. The largest absolute Gasteiger partial charge is 0.478 e. The Bertz CT molecular complexity index is 324. The second kappa shape index (κ2) is 5.35. The van der Waals surface area contributed by atoms with Crippen molar-refractivity contribution >= 4 is 5.97 Å². The van der Waals surface area contributed by atoms with E-state index in [1.54, 1.807) is 10.9 Å². The van der Waals surface area contributed by atoms with Crippen molar-refractivity contribution in [2.24, 2.45) is 0 Å². The first-order chi connectivity index (χ1) is 7.17. The number of ether oxygens (including phenoxy) is 2. The summed E-state index contributed by atoms with van der Waals surface area (Å²) in [7, 11) is 1.43. The average Bonchev–Trinajstić information content (AvgIpc) is 2.65. The number of aliphatic carboxylic acids is 1. The van der Waals surface area contributed by atoms with Crippen LogP contribution in [0.25, 0.3) is 0 Å². The smallest absolute Gasteiger partial charge is 0.347 e. The number of carboxylic acid groups (broad SMARTS) is 1. The van der Waals surface area contributed by atoms with Crippen LogP contribution in [0.1, 0.15) is 6.92 Å². The number of nitrogens with zero attached hydrogens (tertiary/aromatic N) is 2. The molecular formula is C9H14N2O4. The first kappa shape index (κ1) is 11.5. The SMILES string of the molecule is CCn1cc(OC(COC)C(=O)O)cn1. The van der Waals surface area contributed by atoms with Crippen molar-refractivity contribution in [2.75, 3.05) is 13.7 Å². The van der Waals surface area contributed by atoms with Crippen molar-refractivity contribution < 1.29 is 19.4 Å². The van der Waals surface area contributed by atoms with Crippen molar-refractivity contribution in [3.63, 3.8) is 0 Å². The lowest BCUT2D eigenvalue weighted by Gasteiger charge is -2.11. The van der Waals surface area contributed by atoms with Gasteiger partial charge in [0.05, 0.1) is 19.0 Å². The van der Waals surface area contributed by atoms with Gasteiger partial charge in [0.15, 0.2) is 5.75 Å². The maximum atomic E-state index is 10.7. The minimum Gasteiger partial charge on any atom is -0.478 e. The molecule has 84 valence electrons. The maximum absolute atomic E-state index is 10.7. The quantitative estimate of drug-likeness (QED) is 0.741. The molecule has 1 heterocycles. The standard InChI is InChI=1S/C9H14N2O4/c1-3-11-5-7(4-10-11)15-8(6-14-2)9(12)13/h4-5,8H,3,6H2,1-2H3,(H,12,13). The van der Waals surface area contributed by atoms with Gasteiger partial charge in [-0.2, -0.15) is 5.10 Å². The summed E-state index contributed by atoms with van der Waals surface area (Å²) in [6.45, 7) is 2.65. The Balaban J connectivity index is 2.61. The van der Waals surface area contributed by atoms with Crippen LogP contribution in [0.4, 0.5) is 0 Å². The molecule has 0 saturated heterocycles. The second-order valence-electron chi connectivity index (χ2n) is 2.93. The van der Waals surface area contributed by atoms with Crippen molar-refractivity contribution in [1.82, 2.24) is 9.78 Å². The fraction of sp³-hybridized carbons (Fsp3) is 0.556. The van der Waals surface area contributed by atoms with E-state index in [0.717, 1.165) is 0 Å². The van der Waals surface area contributed by atoms with Gasteiger partial charge < -0.3 is 14.6 Å². The molecule has 1 atom stereocenters. The highest BCUT2D eigenvalue weighted by molar-refractivity contribution is 5.72. The van der Waals surface area contributed by atoms with Crippen LogP contribution in [0.5, 0.6) is 5.75 Å². The minimum atomic E-state index is -1.05. The zero-order valence-corrected chi connectivity index (χ0v) is 8.71. The van der Waals surface area contributed by atoms with Gasteiger partial charge in [-0.05, 0) is 6.92 Å². The molecule has 1 aromatic rings. The number of hydrogen-bond acceptors (Lipinski definition) is 4. The summed E-state index contributed by atoms with van der Waals surface area (Å²) in [5.74, 6) is -0.623. The van der Waals surface area contributed by atoms with E-state index in [1.807, 2.05) is 6.92 Å². The topological polar surface area (TPSA) is 73.6 Å². The number of hydrogen-bond donors (Lipinski definition) is 1. The number of carboxylic acids is 1. The summed E-state index contributed by atoms with van der Waals surface area (Å²) >= 11 is 0. The molecule has 1 rings (SSSR count). The van der Waals surface area contributed by atoms with Crippen LogP contribution in [0.15, 0.2) is 12.4 Å². The van der Waals surface area contributed by atoms with Crippen LogP contribution in [0.2, 0.25) is 0 Å². The molecule has 0 saturated carbocycles. The minimum absolute atomic E-state index is 0.00659. The van der Waals surface area contributed by atoms with Gasteiger partial charge in [0.1, 0.15) is 0 Å². The molecule has 0 aliphatic rings. The Morgan fingerprint density at radius 1 is 1.73 bits per heavy atom. The molecule has 1 aromatic heterocycles. The van der Waals surface area contributed by atoms with Gasteiger partial charge in [0.25, 0.3) is 0 Å². The molecule has 1 unspecified atom stereocenters. The van der Waals surface area contributed by atoms with E-state index in [9.17, 15) is 4.79 Å². The molecule has 0 aliphatic carbocycles. The predicted octanol–water partition coefficient (Wildman–Crippen LogP) is 0.381. The summed E-state index contributed by atoms with van der Waals surface area (Å²) in [5, 5.41) is 12.8. The van der Waals surface area contributed by atoms with E-state index in [1.165, 1.54) is 13.3 Å². The molecule has 6 nitrogen and oxygen atoms in total. The van der Waals surface area contributed by atoms with Crippen molar-refractivity contribution in [3.05, 3.63) is 12.4 Å². The lowest BCUT2D eigenvalue weighted by atomic mass is 10.4. The highest BCUT2D eigenvalue weighted by atomic mass is 16.5. The maximum Gasteiger partial charge on any atom is 0.347 e. The van der Waals surface area contributed by atoms with E-state index < -0.39 is 12.1 Å². The molecule has 0 spiro atoms. The average molecular weight is 214 g/mol. The third kappa shape index (κ3) is 3.25. The fourth-order valence-electron chi connectivity index (χ4n) is 1.05. The summed E-state index contributed by atoms with van der Waals surface area (Å²) in [4.78, 5) is 10.7. The van der Waals surface area contributed by atoms with Gasteiger partial charge >= 0.3 is 5.97 Å². The van der Waals surface area contributed by atoms with Gasteiger partial charge in [0.2, 0.25) is 6.10 Å². The molecule has 6 heteroatoms.